The summed E-state index contributed by atoms with van der Waals surface area (Å²) < 4.78 is 6.14. The number of hydrogen-bond acceptors (Lipinski definition) is 5. The lowest BCUT2D eigenvalue weighted by Gasteiger charge is -2.36. The number of ether oxygens (including phenoxy) is 1. The van der Waals surface area contributed by atoms with Gasteiger partial charge in [-0.3, -0.25) is 24.5 Å². The van der Waals surface area contributed by atoms with Crippen LogP contribution in [-0.4, -0.2) is 58.7 Å². The monoisotopic (exact) mass is 503 g/mol. The molecule has 0 bridgehead atoms. The Bertz CT molecular complexity index is 1200. The maximum atomic E-state index is 13.2. The lowest BCUT2D eigenvalue weighted by Crippen LogP contribution is -2.52. The molecule has 1 unspecified atom stereocenters. The van der Waals surface area contributed by atoms with Crippen molar-refractivity contribution >= 4 is 23.6 Å². The van der Waals surface area contributed by atoms with Gasteiger partial charge >= 0.3 is 0 Å². The van der Waals surface area contributed by atoms with Crippen LogP contribution < -0.4 is 10.1 Å². The minimum atomic E-state index is -0.637. The normalized spacial score (nSPS) is 22.5. The number of nitrogens with zero attached hydrogens (tertiary/aromatic N) is 2. The Kier molecular flexibility index (Phi) is 7.26. The zero-order valence-electron chi connectivity index (χ0n) is 21.2. The van der Waals surface area contributed by atoms with Crippen LogP contribution in [0.25, 0.3) is 0 Å². The van der Waals surface area contributed by atoms with Gasteiger partial charge < -0.3 is 14.5 Å². The van der Waals surface area contributed by atoms with Crippen LogP contribution in [0.4, 0.5) is 0 Å². The Morgan fingerprint density at radius 1 is 1.08 bits per heavy atom. The maximum Gasteiger partial charge on any atom is 0.255 e. The van der Waals surface area contributed by atoms with Gasteiger partial charge in [0.05, 0.1) is 6.04 Å². The van der Waals surface area contributed by atoms with E-state index in [1.165, 1.54) is 10.5 Å². The minimum absolute atomic E-state index is 0.0130. The first kappa shape index (κ1) is 25.0. The number of nitrogens with one attached hydrogen (secondary N) is 1. The molecule has 4 amide bonds. The SMILES string of the molecule is C[C@H](CC(=O)N1CCCC[C@H]1COc1ccc2c(c1)CN(C1CCC(=O)NC1=O)C2=O)c1ccccc1. The van der Waals surface area contributed by atoms with E-state index < -0.39 is 11.9 Å². The molecule has 0 aliphatic carbocycles. The number of imide groups is 1. The summed E-state index contributed by atoms with van der Waals surface area (Å²) >= 11 is 0. The van der Waals surface area contributed by atoms with Crippen molar-refractivity contribution in [1.82, 2.24) is 15.1 Å². The van der Waals surface area contributed by atoms with Crippen molar-refractivity contribution in [1.29, 1.82) is 0 Å². The molecule has 0 spiro atoms. The standard InChI is InChI=1S/C29H33N3O5/c1-19(20-7-3-2-4-8-20)15-27(34)31-14-6-5-9-22(31)18-37-23-10-11-24-21(16-23)17-32(29(24)36)25-12-13-26(33)30-28(25)35/h2-4,7-8,10-11,16,19,22,25H,5-6,9,12-15,17-18H2,1H3,(H,30,33,35)/t19-,22+,25?/m1/s1. The van der Waals surface area contributed by atoms with Crippen molar-refractivity contribution in [2.75, 3.05) is 13.2 Å². The summed E-state index contributed by atoms with van der Waals surface area (Å²) in [6.07, 6.45) is 3.99. The second kappa shape index (κ2) is 10.7. The second-order valence-electron chi connectivity index (χ2n) is 10.3. The van der Waals surface area contributed by atoms with E-state index in [1.54, 1.807) is 12.1 Å². The highest BCUT2D eigenvalue weighted by Gasteiger charge is 2.39. The van der Waals surface area contributed by atoms with Crippen LogP contribution in [0.5, 0.6) is 5.75 Å². The van der Waals surface area contributed by atoms with Gasteiger partial charge in [-0.2, -0.15) is 0 Å². The fraction of sp³-hybridized carbons (Fsp3) is 0.448. The second-order valence-corrected chi connectivity index (χ2v) is 10.3. The molecule has 3 aliphatic heterocycles. The van der Waals surface area contributed by atoms with Crippen molar-refractivity contribution in [3.63, 3.8) is 0 Å². The Morgan fingerprint density at radius 2 is 1.89 bits per heavy atom. The van der Waals surface area contributed by atoms with E-state index in [4.69, 9.17) is 4.74 Å². The lowest BCUT2D eigenvalue weighted by molar-refractivity contribution is -0.137. The van der Waals surface area contributed by atoms with E-state index >= 15 is 0 Å². The number of likely N-dealkylation sites (tertiary alicyclic amines) is 1. The van der Waals surface area contributed by atoms with Gasteiger partial charge in [0.1, 0.15) is 18.4 Å². The van der Waals surface area contributed by atoms with E-state index in [1.807, 2.05) is 29.2 Å². The number of hydrogen-bond donors (Lipinski definition) is 1. The van der Waals surface area contributed by atoms with Gasteiger partial charge in [-0.05, 0) is 60.9 Å². The largest absolute Gasteiger partial charge is 0.491 e. The first-order valence-electron chi connectivity index (χ1n) is 13.2. The molecule has 5 rings (SSSR count). The molecule has 1 N–H and O–H groups in total. The highest BCUT2D eigenvalue weighted by Crippen LogP contribution is 2.31. The van der Waals surface area contributed by atoms with E-state index in [2.05, 4.69) is 24.4 Å². The first-order valence-corrected chi connectivity index (χ1v) is 13.2. The molecule has 8 nitrogen and oxygen atoms in total. The average Bonchev–Trinajstić information content (AvgIpc) is 3.23. The van der Waals surface area contributed by atoms with Gasteiger partial charge in [0.2, 0.25) is 17.7 Å². The molecule has 194 valence electrons. The van der Waals surface area contributed by atoms with E-state index in [-0.39, 0.29) is 36.1 Å². The molecule has 3 atom stereocenters. The topological polar surface area (TPSA) is 96.0 Å². The minimum Gasteiger partial charge on any atom is -0.491 e. The van der Waals surface area contributed by atoms with Crippen LogP contribution in [-0.2, 0) is 20.9 Å². The highest BCUT2D eigenvalue weighted by molar-refractivity contribution is 6.05. The van der Waals surface area contributed by atoms with Crippen molar-refractivity contribution < 1.29 is 23.9 Å². The summed E-state index contributed by atoms with van der Waals surface area (Å²) in [4.78, 5) is 53.4. The average molecular weight is 504 g/mol. The molecule has 0 aromatic heterocycles. The van der Waals surface area contributed by atoms with E-state index in [0.29, 0.717) is 37.3 Å². The molecular weight excluding hydrogens is 470 g/mol. The third-order valence-corrected chi connectivity index (χ3v) is 7.73. The molecule has 2 aromatic rings. The number of carbonyl (C=O) groups is 4. The number of amides is 4. The Hall–Kier alpha value is -3.68. The quantitative estimate of drug-likeness (QED) is 0.585. The maximum absolute atomic E-state index is 13.2. The van der Waals surface area contributed by atoms with Gasteiger partial charge in [-0.1, -0.05) is 37.3 Å². The molecule has 2 aromatic carbocycles. The number of benzene rings is 2. The van der Waals surface area contributed by atoms with Crippen molar-refractivity contribution in [3.05, 3.63) is 65.2 Å². The zero-order valence-corrected chi connectivity index (χ0v) is 21.2. The summed E-state index contributed by atoms with van der Waals surface area (Å²) in [5.74, 6) is 0.0335. The van der Waals surface area contributed by atoms with E-state index in [0.717, 1.165) is 31.4 Å². The molecule has 8 heteroatoms. The van der Waals surface area contributed by atoms with Gasteiger partial charge in [0.15, 0.2) is 0 Å². The third kappa shape index (κ3) is 5.38. The predicted molar refractivity (Wildman–Crippen MR) is 137 cm³/mol. The molecule has 0 radical (unpaired) electrons. The zero-order chi connectivity index (χ0) is 25.9. The molecular formula is C29H33N3O5. The highest BCUT2D eigenvalue weighted by atomic mass is 16.5. The predicted octanol–water partition coefficient (Wildman–Crippen LogP) is 3.40. The fourth-order valence-electron chi connectivity index (χ4n) is 5.61. The Labute approximate surface area is 217 Å². The van der Waals surface area contributed by atoms with Gasteiger partial charge in [0, 0.05) is 31.5 Å². The molecule has 0 saturated carbocycles. The van der Waals surface area contributed by atoms with Gasteiger partial charge in [0.25, 0.3) is 5.91 Å². The van der Waals surface area contributed by atoms with Crippen LogP contribution in [0.3, 0.4) is 0 Å². The lowest BCUT2D eigenvalue weighted by atomic mass is 9.95. The molecule has 3 heterocycles. The number of piperidine rings is 2. The summed E-state index contributed by atoms with van der Waals surface area (Å²) in [6.45, 7) is 3.54. The van der Waals surface area contributed by atoms with Crippen LogP contribution in [0.15, 0.2) is 48.5 Å². The number of fused-ring (bicyclic) bond motifs is 1. The van der Waals surface area contributed by atoms with Crippen molar-refractivity contribution in [2.24, 2.45) is 0 Å². The molecule has 2 fully saturated rings. The van der Waals surface area contributed by atoms with Crippen molar-refractivity contribution in [2.45, 2.75) is 70.0 Å². The van der Waals surface area contributed by atoms with E-state index in [9.17, 15) is 19.2 Å². The van der Waals surface area contributed by atoms with Gasteiger partial charge in [-0.25, -0.2) is 0 Å². The first-order chi connectivity index (χ1) is 17.9. The fourth-order valence-corrected chi connectivity index (χ4v) is 5.61. The van der Waals surface area contributed by atoms with Crippen LogP contribution in [0.2, 0.25) is 0 Å². The summed E-state index contributed by atoms with van der Waals surface area (Å²) in [5, 5.41) is 2.33. The molecule has 3 aliphatic rings. The Balaban J connectivity index is 1.20. The third-order valence-electron chi connectivity index (χ3n) is 7.73. The molecule has 37 heavy (non-hydrogen) atoms. The van der Waals surface area contributed by atoms with Crippen LogP contribution >= 0.6 is 0 Å². The van der Waals surface area contributed by atoms with Gasteiger partial charge in [-0.15, -0.1) is 0 Å². The molecule has 2 saturated heterocycles. The summed E-state index contributed by atoms with van der Waals surface area (Å²) in [6, 6.07) is 14.9. The number of carbonyl (C=O) groups excluding carboxylic acids is 4. The summed E-state index contributed by atoms with van der Waals surface area (Å²) in [7, 11) is 0. The smallest absolute Gasteiger partial charge is 0.255 e. The van der Waals surface area contributed by atoms with Crippen LogP contribution in [0, 0.1) is 0 Å². The summed E-state index contributed by atoms with van der Waals surface area (Å²) in [5.41, 5.74) is 2.53. The Morgan fingerprint density at radius 3 is 2.68 bits per heavy atom. The van der Waals surface area contributed by atoms with Crippen LogP contribution in [0.1, 0.15) is 72.9 Å². The van der Waals surface area contributed by atoms with Crippen molar-refractivity contribution in [3.8, 4) is 5.75 Å². The number of rotatable bonds is 7.